The summed E-state index contributed by atoms with van der Waals surface area (Å²) in [4.78, 5) is 29.6. The van der Waals surface area contributed by atoms with E-state index in [1.54, 1.807) is 34.6 Å². The molecule has 4 rings (SSSR count). The number of furan rings is 1. The second-order valence-corrected chi connectivity index (χ2v) is 9.15. The van der Waals surface area contributed by atoms with E-state index in [1.165, 1.54) is 6.42 Å². The summed E-state index contributed by atoms with van der Waals surface area (Å²) >= 11 is 1.54. The number of amides is 2. The topological polar surface area (TPSA) is 62.6 Å². The van der Waals surface area contributed by atoms with Gasteiger partial charge in [-0.05, 0) is 55.5 Å². The molecular formula is C25H28N2O3S. The molecule has 0 unspecified atom stereocenters. The first-order valence-corrected chi connectivity index (χ1v) is 11.7. The minimum absolute atomic E-state index is 0.133. The Morgan fingerprint density at radius 3 is 2.52 bits per heavy atom. The highest BCUT2D eigenvalue weighted by Crippen LogP contribution is 2.30. The lowest BCUT2D eigenvalue weighted by Gasteiger charge is -2.32. The van der Waals surface area contributed by atoms with Gasteiger partial charge in [0.25, 0.3) is 5.91 Å². The summed E-state index contributed by atoms with van der Waals surface area (Å²) in [6, 6.07) is 14.4. The fourth-order valence-electron chi connectivity index (χ4n) is 4.14. The van der Waals surface area contributed by atoms with Crippen LogP contribution >= 0.6 is 11.3 Å². The van der Waals surface area contributed by atoms with Crippen molar-refractivity contribution < 1.29 is 14.0 Å². The number of aryl methyl sites for hydroxylation is 1. The summed E-state index contributed by atoms with van der Waals surface area (Å²) in [6.07, 6.45) is 7.19. The van der Waals surface area contributed by atoms with Crippen molar-refractivity contribution in [1.82, 2.24) is 5.32 Å². The van der Waals surface area contributed by atoms with E-state index >= 15 is 0 Å². The fourth-order valence-corrected chi connectivity index (χ4v) is 4.83. The molecule has 5 nitrogen and oxygen atoms in total. The molecule has 2 heterocycles. The van der Waals surface area contributed by atoms with Crippen molar-refractivity contribution in [2.24, 2.45) is 0 Å². The van der Waals surface area contributed by atoms with Gasteiger partial charge < -0.3 is 9.73 Å². The van der Waals surface area contributed by atoms with Gasteiger partial charge in [-0.1, -0.05) is 43.0 Å². The fraction of sp³-hybridized carbons (Fsp3) is 0.360. The van der Waals surface area contributed by atoms with E-state index in [9.17, 15) is 9.59 Å². The summed E-state index contributed by atoms with van der Waals surface area (Å²) in [5.74, 6) is 0.141. The van der Waals surface area contributed by atoms with Gasteiger partial charge in [0.05, 0.1) is 12.7 Å². The molecule has 2 amide bonds. The van der Waals surface area contributed by atoms with Crippen LogP contribution in [0.2, 0.25) is 0 Å². The molecule has 1 aliphatic carbocycles. The smallest absolute Gasteiger partial charge is 0.251 e. The molecule has 1 N–H and O–H groups in total. The molecule has 0 radical (unpaired) electrons. The number of hydrogen-bond donors (Lipinski definition) is 1. The van der Waals surface area contributed by atoms with Crippen LogP contribution in [0, 0.1) is 6.92 Å². The van der Waals surface area contributed by atoms with Crippen LogP contribution in [0.3, 0.4) is 0 Å². The Bertz CT molecular complexity index is 974. The van der Waals surface area contributed by atoms with Crippen molar-refractivity contribution in [1.29, 1.82) is 0 Å². The zero-order chi connectivity index (χ0) is 21.6. The lowest BCUT2D eigenvalue weighted by molar-refractivity contribution is -0.127. The van der Waals surface area contributed by atoms with Gasteiger partial charge in [0.2, 0.25) is 5.91 Å². The number of hydrogen-bond acceptors (Lipinski definition) is 4. The van der Waals surface area contributed by atoms with E-state index < -0.39 is 6.04 Å². The van der Waals surface area contributed by atoms with E-state index in [4.69, 9.17) is 4.42 Å². The number of nitrogens with zero attached hydrogens (tertiary/aromatic N) is 1. The van der Waals surface area contributed by atoms with E-state index in [0.717, 1.165) is 36.1 Å². The molecular weight excluding hydrogens is 408 g/mol. The molecule has 2 aromatic heterocycles. The molecule has 0 saturated heterocycles. The van der Waals surface area contributed by atoms with Crippen LogP contribution in [-0.4, -0.2) is 17.9 Å². The van der Waals surface area contributed by atoms with Gasteiger partial charge >= 0.3 is 0 Å². The highest BCUT2D eigenvalue weighted by Gasteiger charge is 2.36. The first kappa shape index (κ1) is 21.4. The van der Waals surface area contributed by atoms with Crippen molar-refractivity contribution in [2.45, 2.75) is 57.5 Å². The van der Waals surface area contributed by atoms with E-state index in [-0.39, 0.29) is 24.3 Å². The van der Waals surface area contributed by atoms with E-state index in [0.29, 0.717) is 11.4 Å². The summed E-state index contributed by atoms with van der Waals surface area (Å²) < 4.78 is 5.67. The van der Waals surface area contributed by atoms with Crippen molar-refractivity contribution in [2.75, 3.05) is 4.90 Å². The Balaban J connectivity index is 1.69. The van der Waals surface area contributed by atoms with Gasteiger partial charge in [-0.15, -0.1) is 11.3 Å². The van der Waals surface area contributed by atoms with Crippen LogP contribution in [0.15, 0.2) is 64.6 Å². The normalized spacial score (nSPS) is 15.4. The predicted molar refractivity (Wildman–Crippen MR) is 123 cm³/mol. The van der Waals surface area contributed by atoms with Crippen molar-refractivity contribution in [3.8, 4) is 0 Å². The zero-order valence-corrected chi connectivity index (χ0v) is 18.6. The first-order chi connectivity index (χ1) is 15.1. The van der Waals surface area contributed by atoms with Gasteiger partial charge in [-0.25, -0.2) is 0 Å². The Kier molecular flexibility index (Phi) is 6.87. The quantitative estimate of drug-likeness (QED) is 0.538. The SMILES string of the molecule is Cc1ccc(N(C(=O)Cc2cccs2)[C@@H](C(=O)NC2CCCCC2)c2ccco2)cc1. The van der Waals surface area contributed by atoms with Gasteiger partial charge in [0.15, 0.2) is 6.04 Å². The second-order valence-electron chi connectivity index (χ2n) is 8.12. The predicted octanol–water partition coefficient (Wildman–Crippen LogP) is 5.42. The largest absolute Gasteiger partial charge is 0.467 e. The van der Waals surface area contributed by atoms with Crippen molar-refractivity contribution in [3.63, 3.8) is 0 Å². The monoisotopic (exact) mass is 436 g/mol. The Morgan fingerprint density at radius 1 is 1.10 bits per heavy atom. The third kappa shape index (κ3) is 5.25. The van der Waals surface area contributed by atoms with Crippen LogP contribution in [0.4, 0.5) is 5.69 Å². The maximum Gasteiger partial charge on any atom is 0.251 e. The van der Waals surface area contributed by atoms with Crippen LogP contribution in [0.25, 0.3) is 0 Å². The molecule has 0 aliphatic heterocycles. The average Bonchev–Trinajstić information content (AvgIpc) is 3.48. The number of carbonyl (C=O) groups excluding carboxylic acids is 2. The lowest BCUT2D eigenvalue weighted by atomic mass is 9.95. The second kappa shape index (κ2) is 9.96. The molecule has 0 spiro atoms. The maximum atomic E-state index is 13.5. The van der Waals surface area contributed by atoms with Gasteiger partial charge in [0, 0.05) is 16.6 Å². The number of thiophene rings is 1. The number of benzene rings is 1. The minimum atomic E-state index is -0.855. The van der Waals surface area contributed by atoms with Crippen LogP contribution < -0.4 is 10.2 Å². The molecule has 1 aliphatic rings. The number of rotatable bonds is 7. The van der Waals surface area contributed by atoms with Crippen LogP contribution in [-0.2, 0) is 16.0 Å². The first-order valence-electron chi connectivity index (χ1n) is 10.9. The standard InChI is InChI=1S/C25H28N2O3S/c1-18-11-13-20(14-12-18)27(23(28)17-21-9-6-16-31-21)24(22-10-5-15-30-22)25(29)26-19-7-3-2-4-8-19/h5-6,9-16,19,24H,2-4,7-8,17H2,1H3,(H,26,29)/t24-/m1/s1. The molecule has 1 saturated carbocycles. The third-order valence-electron chi connectivity index (χ3n) is 5.76. The molecule has 3 aromatic rings. The molecule has 1 fully saturated rings. The zero-order valence-electron chi connectivity index (χ0n) is 17.8. The van der Waals surface area contributed by atoms with Gasteiger partial charge in [0.1, 0.15) is 5.76 Å². The van der Waals surface area contributed by atoms with Gasteiger partial charge in [-0.3, -0.25) is 14.5 Å². The third-order valence-corrected chi connectivity index (χ3v) is 6.63. The van der Waals surface area contributed by atoms with Gasteiger partial charge in [-0.2, -0.15) is 0 Å². The Morgan fingerprint density at radius 2 is 1.87 bits per heavy atom. The highest BCUT2D eigenvalue weighted by atomic mass is 32.1. The van der Waals surface area contributed by atoms with E-state index in [1.807, 2.05) is 48.7 Å². The number of nitrogens with one attached hydrogen (secondary N) is 1. The molecule has 0 bridgehead atoms. The Labute approximate surface area is 187 Å². The number of carbonyl (C=O) groups is 2. The minimum Gasteiger partial charge on any atom is -0.467 e. The maximum absolute atomic E-state index is 13.5. The van der Waals surface area contributed by atoms with E-state index in [2.05, 4.69) is 5.32 Å². The molecule has 1 atom stereocenters. The number of anilines is 1. The van der Waals surface area contributed by atoms with Crippen molar-refractivity contribution in [3.05, 3.63) is 76.4 Å². The summed E-state index contributed by atoms with van der Waals surface area (Å²) in [7, 11) is 0. The average molecular weight is 437 g/mol. The summed E-state index contributed by atoms with van der Waals surface area (Å²) in [6.45, 7) is 2.00. The molecule has 6 heteroatoms. The van der Waals surface area contributed by atoms with Crippen molar-refractivity contribution >= 4 is 28.8 Å². The Hall–Kier alpha value is -2.86. The van der Waals surface area contributed by atoms with Crippen LogP contribution in [0.1, 0.15) is 54.3 Å². The van der Waals surface area contributed by atoms with Crippen LogP contribution in [0.5, 0.6) is 0 Å². The molecule has 31 heavy (non-hydrogen) atoms. The summed E-state index contributed by atoms with van der Waals surface area (Å²) in [5, 5.41) is 5.15. The lowest BCUT2D eigenvalue weighted by Crippen LogP contribution is -2.47. The molecule has 162 valence electrons. The molecule has 1 aromatic carbocycles. The summed E-state index contributed by atoms with van der Waals surface area (Å²) in [5.41, 5.74) is 1.78. The highest BCUT2D eigenvalue weighted by molar-refractivity contribution is 7.10.